The molecule has 208 valence electrons. The molecule has 0 atom stereocenters. The molecule has 0 spiro atoms. The number of aryl methyl sites for hydroxylation is 1. The number of nitrogens with zero attached hydrogens (tertiary/aromatic N) is 5. The van der Waals surface area contributed by atoms with E-state index in [9.17, 15) is 9.90 Å². The summed E-state index contributed by atoms with van der Waals surface area (Å²) in [5.41, 5.74) is 5.16. The summed E-state index contributed by atoms with van der Waals surface area (Å²) in [6.45, 7) is 2.70. The maximum atomic E-state index is 12.3. The molecule has 5 rings (SSSR count). The molecule has 4 aromatic rings. The fourth-order valence-corrected chi connectivity index (χ4v) is 5.84. The number of halogens is 1. The van der Waals surface area contributed by atoms with Crippen LogP contribution in [0.3, 0.4) is 0 Å². The number of rotatable bonds is 11. The third-order valence-corrected chi connectivity index (χ3v) is 8.03. The third-order valence-electron chi connectivity index (χ3n) is 7.75. The number of hydrogen-bond acceptors (Lipinski definition) is 5. The molecule has 9 heteroatoms. The zero-order valence-electron chi connectivity index (χ0n) is 22.8. The van der Waals surface area contributed by atoms with Gasteiger partial charge in [0.15, 0.2) is 11.0 Å². The maximum absolute atomic E-state index is 12.3. The first kappa shape index (κ1) is 27.8. The van der Waals surface area contributed by atoms with Crippen LogP contribution in [0.4, 0.5) is 0 Å². The molecule has 0 aliphatic heterocycles. The molecule has 1 fully saturated rings. The second-order valence-electron chi connectivity index (χ2n) is 10.6. The minimum Gasteiger partial charge on any atom is -0.478 e. The van der Waals surface area contributed by atoms with E-state index in [1.807, 2.05) is 24.3 Å². The van der Waals surface area contributed by atoms with Gasteiger partial charge in [0.25, 0.3) is 0 Å². The highest BCUT2D eigenvalue weighted by atomic mass is 35.5. The summed E-state index contributed by atoms with van der Waals surface area (Å²) in [6, 6.07) is 16.4. The number of imidazole rings is 1. The third kappa shape index (κ3) is 6.50. The van der Waals surface area contributed by atoms with Crippen molar-refractivity contribution in [2.24, 2.45) is 5.92 Å². The smallest absolute Gasteiger partial charge is 0.331 e. The summed E-state index contributed by atoms with van der Waals surface area (Å²) < 4.78 is 2.09. The van der Waals surface area contributed by atoms with E-state index in [4.69, 9.17) is 11.6 Å². The Balaban J connectivity index is 1.45. The lowest BCUT2D eigenvalue weighted by Gasteiger charge is -2.21. The van der Waals surface area contributed by atoms with E-state index in [1.54, 1.807) is 6.08 Å². The summed E-state index contributed by atoms with van der Waals surface area (Å²) in [5, 5.41) is 24.8. The Morgan fingerprint density at radius 3 is 2.52 bits per heavy atom. The van der Waals surface area contributed by atoms with Crippen LogP contribution in [0.25, 0.3) is 28.6 Å². The van der Waals surface area contributed by atoms with Crippen molar-refractivity contribution in [3.63, 3.8) is 0 Å². The van der Waals surface area contributed by atoms with Gasteiger partial charge in [-0.25, -0.2) is 14.9 Å². The van der Waals surface area contributed by atoms with Crippen molar-refractivity contribution in [2.45, 2.75) is 71.3 Å². The average molecular weight is 559 g/mol. The Kier molecular flexibility index (Phi) is 9.06. The Labute approximate surface area is 239 Å². The van der Waals surface area contributed by atoms with Crippen molar-refractivity contribution >= 4 is 23.6 Å². The van der Waals surface area contributed by atoms with Crippen molar-refractivity contribution in [3.05, 3.63) is 76.3 Å². The SMILES string of the molecule is CCCCc1nc(Cl)c(/C=C(\CC2CCCCC2)C(=O)O)n1Cc1ccc(-c2ccccc2-c2nnn[nH]2)cc1. The van der Waals surface area contributed by atoms with Gasteiger partial charge in [0.1, 0.15) is 5.82 Å². The molecule has 2 aromatic heterocycles. The lowest BCUT2D eigenvalue weighted by Crippen LogP contribution is -2.12. The quantitative estimate of drug-likeness (QED) is 0.188. The first-order valence-corrected chi connectivity index (χ1v) is 14.5. The minimum absolute atomic E-state index is 0.361. The standard InChI is InChI=1S/C31H35ClN6O2/c1-2-3-13-28-33-29(32)27(19-24(31(39)40)18-21-9-5-4-6-10-21)38(28)20-22-14-16-23(17-15-22)25-11-7-8-12-26(25)30-34-36-37-35-30/h7-8,11-12,14-17,19,21H,2-6,9-10,13,18,20H2,1H3,(H,39,40)(H,34,35,36,37)/b24-19+. The zero-order chi connectivity index (χ0) is 27.9. The van der Waals surface area contributed by atoms with E-state index >= 15 is 0 Å². The van der Waals surface area contributed by atoms with Gasteiger partial charge in [-0.05, 0) is 52.0 Å². The van der Waals surface area contributed by atoms with Crippen LogP contribution in [0.2, 0.25) is 5.15 Å². The van der Waals surface area contributed by atoms with Gasteiger partial charge >= 0.3 is 5.97 Å². The number of unbranched alkanes of at least 4 members (excludes halogenated alkanes) is 1. The predicted octanol–water partition coefficient (Wildman–Crippen LogP) is 7.21. The van der Waals surface area contributed by atoms with Gasteiger partial charge in [0, 0.05) is 24.1 Å². The molecular formula is C31H35ClN6O2. The molecule has 1 saturated carbocycles. The van der Waals surface area contributed by atoms with Gasteiger partial charge in [-0.1, -0.05) is 106 Å². The molecule has 2 heterocycles. The number of nitrogens with one attached hydrogen (secondary N) is 1. The first-order valence-electron chi connectivity index (χ1n) is 14.1. The van der Waals surface area contributed by atoms with Crippen LogP contribution in [0.15, 0.2) is 54.1 Å². The fourth-order valence-electron chi connectivity index (χ4n) is 5.58. The predicted molar refractivity (Wildman–Crippen MR) is 157 cm³/mol. The molecule has 1 aliphatic carbocycles. The van der Waals surface area contributed by atoms with Crippen molar-refractivity contribution in [2.75, 3.05) is 0 Å². The second-order valence-corrected chi connectivity index (χ2v) is 10.9. The summed E-state index contributed by atoms with van der Waals surface area (Å²) >= 11 is 6.67. The minimum atomic E-state index is -0.880. The van der Waals surface area contributed by atoms with Gasteiger partial charge in [-0.15, -0.1) is 5.10 Å². The van der Waals surface area contributed by atoms with Crippen LogP contribution < -0.4 is 0 Å². The number of aromatic amines is 1. The van der Waals surface area contributed by atoms with Crippen LogP contribution >= 0.6 is 11.6 Å². The molecule has 0 radical (unpaired) electrons. The normalized spacial score (nSPS) is 14.5. The summed E-state index contributed by atoms with van der Waals surface area (Å²) in [4.78, 5) is 16.9. The lowest BCUT2D eigenvalue weighted by molar-refractivity contribution is -0.132. The van der Waals surface area contributed by atoms with E-state index in [0.29, 0.717) is 41.1 Å². The number of hydrogen-bond donors (Lipinski definition) is 2. The molecule has 0 saturated heterocycles. The lowest BCUT2D eigenvalue weighted by atomic mass is 9.84. The molecule has 40 heavy (non-hydrogen) atoms. The van der Waals surface area contributed by atoms with E-state index < -0.39 is 5.97 Å². The van der Waals surface area contributed by atoms with Gasteiger partial charge in [-0.2, -0.15) is 0 Å². The zero-order valence-corrected chi connectivity index (χ0v) is 23.6. The van der Waals surface area contributed by atoms with Crippen LogP contribution in [0.5, 0.6) is 0 Å². The van der Waals surface area contributed by atoms with Crippen molar-refractivity contribution in [1.82, 2.24) is 30.2 Å². The van der Waals surface area contributed by atoms with Crippen molar-refractivity contribution in [1.29, 1.82) is 0 Å². The molecular weight excluding hydrogens is 524 g/mol. The number of aliphatic carboxylic acids is 1. The Bertz CT molecular complexity index is 1450. The summed E-state index contributed by atoms with van der Waals surface area (Å²) in [7, 11) is 0. The number of carboxylic acid groups (broad SMARTS) is 1. The number of benzene rings is 2. The van der Waals surface area contributed by atoms with Crippen LogP contribution in [-0.4, -0.2) is 41.3 Å². The van der Waals surface area contributed by atoms with E-state index in [-0.39, 0.29) is 0 Å². The number of tetrazole rings is 1. The van der Waals surface area contributed by atoms with E-state index in [1.165, 1.54) is 19.3 Å². The highest BCUT2D eigenvalue weighted by Crippen LogP contribution is 2.32. The second kappa shape index (κ2) is 13.0. The van der Waals surface area contributed by atoms with Crippen molar-refractivity contribution < 1.29 is 9.90 Å². The first-order chi connectivity index (χ1) is 19.5. The van der Waals surface area contributed by atoms with Gasteiger partial charge in [-0.3, -0.25) is 0 Å². The highest BCUT2D eigenvalue weighted by Gasteiger charge is 2.21. The number of H-pyrrole nitrogens is 1. The Morgan fingerprint density at radius 2 is 1.85 bits per heavy atom. The highest BCUT2D eigenvalue weighted by molar-refractivity contribution is 6.30. The summed E-state index contributed by atoms with van der Waals surface area (Å²) in [6.07, 6.45) is 10.9. The topological polar surface area (TPSA) is 110 Å². The molecule has 2 aromatic carbocycles. The number of carboxylic acids is 1. The van der Waals surface area contributed by atoms with Crippen LogP contribution in [-0.2, 0) is 17.8 Å². The average Bonchev–Trinajstić information content (AvgIpc) is 3.61. The number of aromatic nitrogens is 6. The molecule has 8 nitrogen and oxygen atoms in total. The molecule has 0 amide bonds. The van der Waals surface area contributed by atoms with Crippen molar-refractivity contribution in [3.8, 4) is 22.5 Å². The van der Waals surface area contributed by atoms with Gasteiger partial charge in [0.05, 0.1) is 5.69 Å². The van der Waals surface area contributed by atoms with Gasteiger partial charge < -0.3 is 9.67 Å². The van der Waals surface area contributed by atoms with E-state index in [2.05, 4.69) is 61.4 Å². The van der Waals surface area contributed by atoms with Gasteiger partial charge in [0.2, 0.25) is 0 Å². The Hall–Kier alpha value is -3.78. The maximum Gasteiger partial charge on any atom is 0.331 e. The Morgan fingerprint density at radius 1 is 1.10 bits per heavy atom. The van der Waals surface area contributed by atoms with Crippen LogP contribution in [0.1, 0.15) is 75.4 Å². The van der Waals surface area contributed by atoms with Crippen LogP contribution in [0, 0.1) is 5.92 Å². The molecule has 2 N–H and O–H groups in total. The fraction of sp³-hybridized carbons (Fsp3) is 0.387. The molecule has 0 unspecified atom stereocenters. The molecule has 1 aliphatic rings. The number of carbonyl (C=O) groups is 1. The largest absolute Gasteiger partial charge is 0.478 e. The summed E-state index contributed by atoms with van der Waals surface area (Å²) in [5.74, 6) is 1.03. The van der Waals surface area contributed by atoms with E-state index in [0.717, 1.165) is 60.2 Å². The molecule has 0 bridgehead atoms. The monoisotopic (exact) mass is 558 g/mol.